The molecule has 0 spiro atoms. The van der Waals surface area contributed by atoms with Crippen molar-refractivity contribution in [3.8, 4) is 0 Å². The minimum absolute atomic E-state index is 0.318. The van der Waals surface area contributed by atoms with Crippen molar-refractivity contribution in [2.24, 2.45) is 9.98 Å². The zero-order valence-electron chi connectivity index (χ0n) is 32.4. The summed E-state index contributed by atoms with van der Waals surface area (Å²) in [5, 5.41) is -0.653. The second-order valence-electron chi connectivity index (χ2n) is 18.8. The normalized spacial score (nSPS) is 22.4. The molecule has 1 aliphatic rings. The molecule has 1 heterocycles. The molecule has 0 aromatic heterocycles. The van der Waals surface area contributed by atoms with Gasteiger partial charge in [0, 0.05) is 32.3 Å². The Bertz CT molecular complexity index is 1280. The smallest absolute Gasteiger partial charge is 0.382 e. The summed E-state index contributed by atoms with van der Waals surface area (Å²) in [5.41, 5.74) is 0.789. The Kier molecular flexibility index (Phi) is 10.2. The molecular formula is C38H64N4O2Si2. The molecule has 256 valence electrons. The zero-order chi connectivity index (χ0) is 35.4. The molecule has 1 saturated heterocycles. The van der Waals surface area contributed by atoms with Gasteiger partial charge in [-0.15, -0.1) is 0 Å². The molecule has 46 heavy (non-hydrogen) atoms. The largest absolute Gasteiger partial charge is 0.451 e. The molecule has 0 aliphatic carbocycles. The molecule has 6 nitrogen and oxygen atoms in total. The first-order valence-electron chi connectivity index (χ1n) is 16.9. The van der Waals surface area contributed by atoms with Crippen LogP contribution in [0.15, 0.2) is 70.6 Å². The van der Waals surface area contributed by atoms with Gasteiger partial charge in [0.05, 0.1) is 11.1 Å². The fourth-order valence-electron chi connectivity index (χ4n) is 5.94. The quantitative estimate of drug-likeness (QED) is 0.185. The Labute approximate surface area is 284 Å². The van der Waals surface area contributed by atoms with Crippen molar-refractivity contribution in [1.82, 2.24) is 9.13 Å². The van der Waals surface area contributed by atoms with Crippen LogP contribution in [-0.2, 0) is 8.23 Å². The molecule has 0 unspecified atom stereocenters. The predicted molar refractivity (Wildman–Crippen MR) is 202 cm³/mol. The van der Waals surface area contributed by atoms with Gasteiger partial charge in [0.1, 0.15) is 11.7 Å². The third kappa shape index (κ3) is 7.88. The van der Waals surface area contributed by atoms with Crippen molar-refractivity contribution in [3.05, 3.63) is 71.8 Å². The van der Waals surface area contributed by atoms with E-state index in [4.69, 9.17) is 18.2 Å². The van der Waals surface area contributed by atoms with Gasteiger partial charge in [-0.05, 0) is 83.1 Å². The van der Waals surface area contributed by atoms with Gasteiger partial charge in [0.25, 0.3) is 0 Å². The average molecular weight is 665 g/mol. The van der Waals surface area contributed by atoms with Gasteiger partial charge in [0.2, 0.25) is 0 Å². The van der Waals surface area contributed by atoms with Crippen LogP contribution in [0.25, 0.3) is 0 Å². The zero-order valence-corrected chi connectivity index (χ0v) is 34.4. The van der Waals surface area contributed by atoms with Gasteiger partial charge in [-0.2, -0.15) is 0 Å². The van der Waals surface area contributed by atoms with E-state index >= 15 is 0 Å². The van der Waals surface area contributed by atoms with Crippen LogP contribution >= 0.6 is 0 Å². The van der Waals surface area contributed by atoms with Gasteiger partial charge in [-0.25, -0.2) is 0 Å². The van der Waals surface area contributed by atoms with Crippen LogP contribution in [0.5, 0.6) is 0 Å². The molecule has 0 amide bonds. The predicted octanol–water partition coefficient (Wildman–Crippen LogP) is 10.2. The van der Waals surface area contributed by atoms with Crippen LogP contribution in [0.1, 0.15) is 136 Å². The fourth-order valence-corrected chi connectivity index (χ4v) is 19.4. The molecule has 1 aliphatic heterocycles. The van der Waals surface area contributed by atoms with Crippen molar-refractivity contribution in [1.29, 1.82) is 0 Å². The molecule has 0 N–H and O–H groups in total. The first-order valence-corrected chi connectivity index (χ1v) is 20.4. The van der Waals surface area contributed by atoms with Crippen LogP contribution in [0.2, 0.25) is 10.1 Å². The Morgan fingerprint density at radius 2 is 0.717 bits per heavy atom. The Balaban J connectivity index is 2.45. The lowest BCUT2D eigenvalue weighted by Gasteiger charge is -2.70. The highest BCUT2D eigenvalue weighted by molar-refractivity contribution is 6.96. The van der Waals surface area contributed by atoms with E-state index in [9.17, 15) is 0 Å². The molecular weight excluding hydrogens is 601 g/mol. The average Bonchev–Trinajstić information content (AvgIpc) is 2.82. The summed E-state index contributed by atoms with van der Waals surface area (Å²) in [6, 6.07) is 21.1. The third-order valence-corrected chi connectivity index (χ3v) is 18.9. The van der Waals surface area contributed by atoms with Crippen LogP contribution in [-0.4, -0.2) is 60.4 Å². The number of amidine groups is 2. The summed E-state index contributed by atoms with van der Waals surface area (Å²) in [4.78, 5) is 10.9. The molecule has 0 radical (unpaired) electrons. The number of aliphatic imine (C=N–C) groups is 2. The Morgan fingerprint density at radius 3 is 0.913 bits per heavy atom. The number of rotatable bonds is 4. The van der Waals surface area contributed by atoms with E-state index in [1.807, 2.05) is 0 Å². The van der Waals surface area contributed by atoms with Crippen LogP contribution in [0.3, 0.4) is 0 Å². The first-order chi connectivity index (χ1) is 20.6. The summed E-state index contributed by atoms with van der Waals surface area (Å²) in [7, 11) is -6.56. The summed E-state index contributed by atoms with van der Waals surface area (Å²) < 4.78 is 20.9. The van der Waals surface area contributed by atoms with Gasteiger partial charge in [0.15, 0.2) is 0 Å². The van der Waals surface area contributed by atoms with Crippen molar-refractivity contribution in [2.45, 2.75) is 157 Å². The lowest BCUT2D eigenvalue weighted by Crippen LogP contribution is -2.91. The summed E-state index contributed by atoms with van der Waals surface area (Å²) >= 11 is 0. The minimum atomic E-state index is -3.28. The maximum absolute atomic E-state index is 8.00. The topological polar surface area (TPSA) is 49.7 Å². The van der Waals surface area contributed by atoms with Crippen LogP contribution in [0.4, 0.5) is 0 Å². The molecule has 2 aromatic rings. The molecule has 2 aromatic carbocycles. The van der Waals surface area contributed by atoms with E-state index in [0.717, 1.165) is 22.8 Å². The summed E-state index contributed by atoms with van der Waals surface area (Å²) in [5.74, 6) is 1.85. The van der Waals surface area contributed by atoms with E-state index < -0.39 is 17.4 Å². The molecule has 0 saturated carbocycles. The van der Waals surface area contributed by atoms with E-state index in [0.29, 0.717) is 0 Å². The lowest BCUT2D eigenvalue weighted by molar-refractivity contribution is 0.0507. The second kappa shape index (κ2) is 12.3. The van der Waals surface area contributed by atoms with Crippen molar-refractivity contribution in [2.75, 3.05) is 0 Å². The molecule has 3 rings (SSSR count). The van der Waals surface area contributed by atoms with Gasteiger partial charge >= 0.3 is 17.4 Å². The van der Waals surface area contributed by atoms with Gasteiger partial charge in [-0.1, -0.05) is 102 Å². The van der Waals surface area contributed by atoms with Crippen LogP contribution in [0, 0.1) is 0 Å². The van der Waals surface area contributed by atoms with E-state index in [-0.39, 0.29) is 32.2 Å². The van der Waals surface area contributed by atoms with Crippen molar-refractivity contribution >= 4 is 29.1 Å². The van der Waals surface area contributed by atoms with E-state index in [1.165, 1.54) is 0 Å². The van der Waals surface area contributed by atoms with Crippen LogP contribution < -0.4 is 0 Å². The SMILES string of the molecule is CC(C)(C)N=C(c1ccccc1)N(C(C)(C)C)[Si]1(C(C)(C)C)O[Si](N(C(=NC(C)(C)C)c2ccccc2)C(C)(C)C)(C(C)(C)C)O1. The highest BCUT2D eigenvalue weighted by Crippen LogP contribution is 2.60. The molecule has 0 bridgehead atoms. The van der Waals surface area contributed by atoms with Crippen molar-refractivity contribution < 1.29 is 8.23 Å². The van der Waals surface area contributed by atoms with Gasteiger partial charge in [-0.3, -0.25) is 9.98 Å². The Morgan fingerprint density at radius 1 is 0.457 bits per heavy atom. The highest BCUT2D eigenvalue weighted by Gasteiger charge is 2.80. The maximum atomic E-state index is 8.00. The lowest BCUT2D eigenvalue weighted by atomic mass is 10.1. The summed E-state index contributed by atoms with van der Waals surface area (Å²) in [6.45, 7) is 40.2. The number of benzene rings is 2. The molecule has 0 atom stereocenters. The first kappa shape index (κ1) is 38.2. The highest BCUT2D eigenvalue weighted by atomic mass is 28.5. The number of hydrogen-bond donors (Lipinski definition) is 0. The van der Waals surface area contributed by atoms with Gasteiger partial charge < -0.3 is 17.4 Å². The third-order valence-electron chi connectivity index (χ3n) is 7.75. The van der Waals surface area contributed by atoms with E-state index in [2.05, 4.69) is 194 Å². The number of nitrogens with zero attached hydrogens (tertiary/aromatic N) is 4. The maximum Gasteiger partial charge on any atom is 0.451 e. The summed E-state index contributed by atoms with van der Waals surface area (Å²) in [6.07, 6.45) is 0. The minimum Gasteiger partial charge on any atom is -0.382 e. The van der Waals surface area contributed by atoms with E-state index in [1.54, 1.807) is 0 Å². The number of hydrogen-bond acceptors (Lipinski definition) is 4. The second-order valence-corrected chi connectivity index (χ2v) is 26.7. The standard InChI is InChI=1S/C38H64N4O2Si2/c1-33(2,3)39-31(29-25-21-19-22-26-29)41(35(7,8)9)45(37(13,14)15)43-46(44-45,38(16,17)18)42(36(10,11)12)32(40-34(4,5)6)30-27-23-20-24-28-30/h19-28H,1-18H3. The Hall–Kier alpha value is -2.27. The fraction of sp³-hybridized carbons (Fsp3) is 0.632. The molecule has 8 heteroatoms. The monoisotopic (exact) mass is 664 g/mol. The van der Waals surface area contributed by atoms with Crippen molar-refractivity contribution in [3.63, 3.8) is 0 Å². The molecule has 1 fully saturated rings.